The topological polar surface area (TPSA) is 41.5 Å². The minimum atomic E-state index is -0.0330. The molecule has 1 N–H and O–H groups in total. The van der Waals surface area contributed by atoms with Gasteiger partial charge in [0.25, 0.3) is 5.91 Å². The van der Waals surface area contributed by atoms with Gasteiger partial charge >= 0.3 is 0 Å². The molecule has 1 aromatic rings. The van der Waals surface area contributed by atoms with Crippen LogP contribution in [0.15, 0.2) is 23.3 Å². The van der Waals surface area contributed by atoms with E-state index >= 15 is 0 Å². The monoisotopic (exact) mass is 314 g/mol. The fourth-order valence-electron chi connectivity index (χ4n) is 3.90. The lowest BCUT2D eigenvalue weighted by Gasteiger charge is -2.31. The smallest absolute Gasteiger partial charge is 0.266 e. The van der Waals surface area contributed by atoms with Crippen LogP contribution in [0.3, 0.4) is 0 Å². The van der Waals surface area contributed by atoms with Crippen LogP contribution < -0.4 is 5.43 Å². The van der Waals surface area contributed by atoms with Gasteiger partial charge in [0.1, 0.15) is 0 Å². The van der Waals surface area contributed by atoms with Gasteiger partial charge in [-0.3, -0.25) is 4.79 Å². The van der Waals surface area contributed by atoms with Crippen molar-refractivity contribution in [1.29, 1.82) is 0 Å². The van der Waals surface area contributed by atoms with Crippen LogP contribution >= 0.6 is 11.3 Å². The maximum absolute atomic E-state index is 12.3. The number of carbonyl (C=O) groups excluding carboxylic acids is 1. The van der Waals surface area contributed by atoms with Crippen molar-refractivity contribution >= 4 is 23.0 Å². The molecule has 4 heteroatoms. The van der Waals surface area contributed by atoms with E-state index in [0.29, 0.717) is 11.8 Å². The fraction of sp³-hybridized carbons (Fsp3) is 0.556. The van der Waals surface area contributed by atoms with E-state index in [1.54, 1.807) is 11.3 Å². The Morgan fingerprint density at radius 1 is 1.45 bits per heavy atom. The molecule has 3 nitrogen and oxygen atoms in total. The van der Waals surface area contributed by atoms with E-state index in [1.165, 1.54) is 23.3 Å². The number of rotatable bonds is 3. The summed E-state index contributed by atoms with van der Waals surface area (Å²) in [5, 5.41) is 4.37. The van der Waals surface area contributed by atoms with Crippen LogP contribution in [-0.4, -0.2) is 11.6 Å². The molecule has 0 aliphatic heterocycles. The van der Waals surface area contributed by atoms with E-state index < -0.39 is 0 Å². The Bertz CT molecular complexity index is 658. The second-order valence-corrected chi connectivity index (χ2v) is 7.90. The summed E-state index contributed by atoms with van der Waals surface area (Å²) in [6.45, 7) is 2.26. The van der Waals surface area contributed by atoms with Crippen molar-refractivity contribution in [1.82, 2.24) is 5.43 Å². The highest BCUT2D eigenvalue weighted by Crippen LogP contribution is 2.40. The Morgan fingerprint density at radius 3 is 3.18 bits per heavy atom. The standard InChI is InChI=1S/C18H22N2OS/c1-2-11-6-7-16-13(8-11)10-17(22-16)18(21)20-19-15-9-12-4-3-5-14(12)15/h3-4,10-12,14H,2,5-9H2,1H3,(H,20,21)/b19-15+. The summed E-state index contributed by atoms with van der Waals surface area (Å²) in [5.41, 5.74) is 5.34. The van der Waals surface area contributed by atoms with Crippen molar-refractivity contribution in [3.63, 3.8) is 0 Å². The lowest BCUT2D eigenvalue weighted by atomic mass is 9.74. The molecule has 1 fully saturated rings. The summed E-state index contributed by atoms with van der Waals surface area (Å²) in [4.78, 5) is 14.6. The predicted molar refractivity (Wildman–Crippen MR) is 90.4 cm³/mol. The van der Waals surface area contributed by atoms with Crippen LogP contribution in [0.2, 0.25) is 0 Å². The molecule has 0 saturated heterocycles. The van der Waals surface area contributed by atoms with Gasteiger partial charge in [-0.15, -0.1) is 11.3 Å². The number of nitrogens with one attached hydrogen (secondary N) is 1. The Hall–Kier alpha value is -1.42. The van der Waals surface area contributed by atoms with E-state index in [2.05, 4.69) is 35.7 Å². The summed E-state index contributed by atoms with van der Waals surface area (Å²) in [5.74, 6) is 1.99. The first-order valence-electron chi connectivity index (χ1n) is 8.39. The third kappa shape index (κ3) is 2.43. The van der Waals surface area contributed by atoms with Crippen LogP contribution in [-0.2, 0) is 12.8 Å². The van der Waals surface area contributed by atoms with E-state index in [1.807, 2.05) is 0 Å². The Balaban J connectivity index is 1.41. The molecule has 0 spiro atoms. The molecule has 3 atom stereocenters. The Labute approximate surface area is 135 Å². The highest BCUT2D eigenvalue weighted by Gasteiger charge is 2.38. The van der Waals surface area contributed by atoms with Crippen molar-refractivity contribution in [2.45, 2.75) is 45.4 Å². The maximum Gasteiger partial charge on any atom is 0.281 e. The van der Waals surface area contributed by atoms with Gasteiger partial charge in [0, 0.05) is 16.5 Å². The molecule has 116 valence electrons. The number of amides is 1. The maximum atomic E-state index is 12.3. The number of carbonyl (C=O) groups is 1. The second-order valence-electron chi connectivity index (χ2n) is 6.76. The quantitative estimate of drug-likeness (QED) is 0.666. The van der Waals surface area contributed by atoms with E-state index in [4.69, 9.17) is 0 Å². The second kappa shape index (κ2) is 5.65. The Kier molecular flexibility index (Phi) is 3.65. The molecule has 1 saturated carbocycles. The third-order valence-electron chi connectivity index (χ3n) is 5.45. The first-order chi connectivity index (χ1) is 10.7. The van der Waals surface area contributed by atoms with Gasteiger partial charge in [0.05, 0.1) is 4.88 Å². The van der Waals surface area contributed by atoms with Crippen LogP contribution in [0.1, 0.15) is 52.7 Å². The molecule has 1 heterocycles. The largest absolute Gasteiger partial charge is 0.281 e. The number of nitrogens with zero attached hydrogens (tertiary/aromatic N) is 1. The first-order valence-corrected chi connectivity index (χ1v) is 9.21. The molecule has 22 heavy (non-hydrogen) atoms. The first kappa shape index (κ1) is 14.2. The minimum absolute atomic E-state index is 0.0330. The van der Waals surface area contributed by atoms with Gasteiger partial charge in [-0.05, 0) is 55.6 Å². The summed E-state index contributed by atoms with van der Waals surface area (Å²) in [7, 11) is 0. The number of allylic oxidation sites excluding steroid dienone is 2. The van der Waals surface area contributed by atoms with Gasteiger partial charge in [-0.2, -0.15) is 5.10 Å². The zero-order chi connectivity index (χ0) is 15.1. The molecule has 0 radical (unpaired) electrons. The lowest BCUT2D eigenvalue weighted by Crippen LogP contribution is -2.35. The zero-order valence-electron chi connectivity index (χ0n) is 13.0. The summed E-state index contributed by atoms with van der Waals surface area (Å²) < 4.78 is 0. The van der Waals surface area contributed by atoms with Crippen molar-refractivity contribution in [3.05, 3.63) is 33.5 Å². The van der Waals surface area contributed by atoms with Gasteiger partial charge in [-0.1, -0.05) is 25.5 Å². The third-order valence-corrected chi connectivity index (χ3v) is 6.69. The fourth-order valence-corrected chi connectivity index (χ4v) is 5.00. The molecule has 4 rings (SSSR count). The molecular formula is C18H22N2OS. The van der Waals surface area contributed by atoms with Crippen LogP contribution in [0.4, 0.5) is 0 Å². The molecule has 0 bridgehead atoms. The van der Waals surface area contributed by atoms with Crippen LogP contribution in [0, 0.1) is 17.8 Å². The number of hydrogen-bond donors (Lipinski definition) is 1. The van der Waals surface area contributed by atoms with E-state index in [-0.39, 0.29) is 5.91 Å². The number of fused-ring (bicyclic) bond motifs is 2. The molecule has 0 aromatic carbocycles. The van der Waals surface area contributed by atoms with E-state index in [0.717, 1.165) is 42.2 Å². The zero-order valence-corrected chi connectivity index (χ0v) is 13.8. The van der Waals surface area contributed by atoms with Crippen molar-refractivity contribution in [2.24, 2.45) is 22.9 Å². The molecular weight excluding hydrogens is 292 g/mol. The summed E-state index contributed by atoms with van der Waals surface area (Å²) in [6, 6.07) is 2.10. The van der Waals surface area contributed by atoms with Gasteiger partial charge < -0.3 is 0 Å². The highest BCUT2D eigenvalue weighted by molar-refractivity contribution is 7.14. The average molecular weight is 314 g/mol. The lowest BCUT2D eigenvalue weighted by molar-refractivity contribution is 0.0958. The van der Waals surface area contributed by atoms with Gasteiger partial charge in [0.15, 0.2) is 0 Å². The van der Waals surface area contributed by atoms with Crippen LogP contribution in [0.25, 0.3) is 0 Å². The highest BCUT2D eigenvalue weighted by atomic mass is 32.1. The van der Waals surface area contributed by atoms with Gasteiger partial charge in [-0.25, -0.2) is 5.43 Å². The molecule has 1 aromatic heterocycles. The average Bonchev–Trinajstić information content (AvgIpc) is 3.10. The minimum Gasteiger partial charge on any atom is -0.266 e. The number of aryl methyl sites for hydroxylation is 1. The molecule has 3 aliphatic rings. The van der Waals surface area contributed by atoms with Crippen molar-refractivity contribution in [3.8, 4) is 0 Å². The predicted octanol–water partition coefficient (Wildman–Crippen LogP) is 3.94. The molecule has 1 amide bonds. The number of hydrogen-bond acceptors (Lipinski definition) is 3. The molecule has 3 unspecified atom stereocenters. The van der Waals surface area contributed by atoms with Crippen molar-refractivity contribution in [2.75, 3.05) is 0 Å². The summed E-state index contributed by atoms with van der Waals surface area (Å²) in [6.07, 6.45) is 11.4. The summed E-state index contributed by atoms with van der Waals surface area (Å²) >= 11 is 1.66. The van der Waals surface area contributed by atoms with Gasteiger partial charge in [0.2, 0.25) is 0 Å². The van der Waals surface area contributed by atoms with E-state index in [9.17, 15) is 4.79 Å². The molecule has 3 aliphatic carbocycles. The number of hydrazone groups is 1. The SMILES string of the molecule is CCC1CCc2sc(C(=O)N/N=C3\CC4C=CCC34)cc2C1. The number of thiophene rings is 1. The Morgan fingerprint density at radius 2 is 2.36 bits per heavy atom. The normalized spacial score (nSPS) is 30.8. The van der Waals surface area contributed by atoms with Crippen LogP contribution in [0.5, 0.6) is 0 Å². The van der Waals surface area contributed by atoms with Crippen molar-refractivity contribution < 1.29 is 4.79 Å².